The van der Waals surface area contributed by atoms with Crippen LogP contribution in [-0.4, -0.2) is 41.1 Å². The molecule has 8 nitrogen and oxygen atoms in total. The van der Waals surface area contributed by atoms with Crippen LogP contribution in [0.3, 0.4) is 0 Å². The Hall–Kier alpha value is -2.61. The van der Waals surface area contributed by atoms with Gasteiger partial charge in [-0.3, -0.25) is 14.4 Å². The molecule has 0 radical (unpaired) electrons. The van der Waals surface area contributed by atoms with Gasteiger partial charge < -0.3 is 10.6 Å². The number of amides is 2. The third-order valence-electron chi connectivity index (χ3n) is 4.61. The number of rotatable bonds is 7. The fraction of sp³-hybridized carbons (Fsp3) is 0.300. The molecule has 3 N–H and O–H groups in total. The van der Waals surface area contributed by atoms with Gasteiger partial charge in [0.1, 0.15) is 17.0 Å². The van der Waals surface area contributed by atoms with Crippen LogP contribution >= 0.6 is 20.6 Å². The number of aromatic nitrogens is 2. The van der Waals surface area contributed by atoms with E-state index in [1.165, 1.54) is 24.8 Å². The zero-order valence-corrected chi connectivity index (χ0v) is 19.2. The average molecular weight is 445 g/mol. The first-order valence-corrected chi connectivity index (χ1v) is 10.9. The molecule has 2 atom stereocenters. The lowest BCUT2D eigenvalue weighted by Gasteiger charge is -2.12. The monoisotopic (exact) mass is 445 g/mol. The van der Waals surface area contributed by atoms with Crippen molar-refractivity contribution in [2.75, 3.05) is 18.6 Å². The van der Waals surface area contributed by atoms with Gasteiger partial charge >= 0.3 is 0 Å². The number of nitrogens with one attached hydrogen (secondary N) is 3. The van der Waals surface area contributed by atoms with Crippen molar-refractivity contribution in [3.63, 3.8) is 0 Å². The molecule has 2 amide bonds. The van der Waals surface area contributed by atoms with E-state index < -0.39 is 0 Å². The van der Waals surface area contributed by atoms with E-state index >= 15 is 0 Å². The molecule has 3 aromatic rings. The van der Waals surface area contributed by atoms with Gasteiger partial charge in [0.25, 0.3) is 11.8 Å². The number of hydroxylamine groups is 1. The molecule has 3 rings (SSSR count). The van der Waals surface area contributed by atoms with Crippen molar-refractivity contribution in [2.24, 2.45) is 0 Å². The van der Waals surface area contributed by atoms with Gasteiger partial charge in [0, 0.05) is 17.3 Å². The van der Waals surface area contributed by atoms with Crippen LogP contribution in [0.5, 0.6) is 0 Å². The third kappa shape index (κ3) is 4.59. The summed E-state index contributed by atoms with van der Waals surface area (Å²) in [6.07, 6.45) is 2.24. The van der Waals surface area contributed by atoms with E-state index in [2.05, 4.69) is 35.3 Å². The molecular formula is C20H24N5O3PS. The number of fused-ring (bicyclic) bond motifs is 1. The fourth-order valence-corrected chi connectivity index (χ4v) is 4.08. The first-order chi connectivity index (χ1) is 14.3. The maximum absolute atomic E-state index is 12.7. The summed E-state index contributed by atoms with van der Waals surface area (Å²) in [6, 6.07) is 5.34. The van der Waals surface area contributed by atoms with Crippen LogP contribution in [0.25, 0.3) is 10.2 Å². The zero-order chi connectivity index (χ0) is 21.8. The minimum atomic E-state index is -0.345. The van der Waals surface area contributed by atoms with Gasteiger partial charge in [-0.25, -0.2) is 15.4 Å². The number of nitrogens with zero attached hydrogens (tertiary/aromatic N) is 2. The van der Waals surface area contributed by atoms with Crippen molar-refractivity contribution in [1.29, 1.82) is 0 Å². The second-order valence-corrected chi connectivity index (χ2v) is 8.33. The lowest BCUT2D eigenvalue weighted by atomic mass is 10.1. The number of aryl methyl sites for hydroxylation is 2. The first-order valence-electron chi connectivity index (χ1n) is 9.31. The van der Waals surface area contributed by atoms with E-state index in [4.69, 9.17) is 4.84 Å². The summed E-state index contributed by atoms with van der Waals surface area (Å²) in [5, 5.41) is 7.07. The van der Waals surface area contributed by atoms with Crippen molar-refractivity contribution in [3.8, 4) is 0 Å². The molecule has 2 aromatic heterocycles. The van der Waals surface area contributed by atoms with E-state index in [1.807, 2.05) is 26.8 Å². The number of hydrogen-bond donors (Lipinski definition) is 3. The van der Waals surface area contributed by atoms with Crippen LogP contribution in [0.1, 0.15) is 38.1 Å². The molecule has 30 heavy (non-hydrogen) atoms. The van der Waals surface area contributed by atoms with Gasteiger partial charge in [0.15, 0.2) is 0 Å². The highest BCUT2D eigenvalue weighted by atomic mass is 32.1. The van der Waals surface area contributed by atoms with Gasteiger partial charge in [-0.1, -0.05) is 6.07 Å². The summed E-state index contributed by atoms with van der Waals surface area (Å²) in [6.45, 7) is 5.78. The third-order valence-corrected chi connectivity index (χ3v) is 6.52. The molecule has 1 unspecified atom stereocenters. The molecule has 2 heterocycles. The molecule has 1 aromatic carbocycles. The average Bonchev–Trinajstić information content (AvgIpc) is 3.07. The lowest BCUT2D eigenvalue weighted by Crippen LogP contribution is -2.33. The minimum Gasteiger partial charge on any atom is -0.349 e. The Morgan fingerprint density at radius 3 is 2.70 bits per heavy atom. The molecular weight excluding hydrogens is 421 g/mol. The fourth-order valence-electron chi connectivity index (χ4n) is 2.91. The topological polar surface area (TPSA) is 105 Å². The maximum atomic E-state index is 12.7. The summed E-state index contributed by atoms with van der Waals surface area (Å²) in [5.41, 5.74) is 5.24. The smallest absolute Gasteiger partial charge is 0.274 e. The van der Waals surface area contributed by atoms with Gasteiger partial charge in [0.05, 0.1) is 17.4 Å². The summed E-state index contributed by atoms with van der Waals surface area (Å²) in [4.78, 5) is 39.5. The van der Waals surface area contributed by atoms with Crippen LogP contribution in [0.2, 0.25) is 0 Å². The molecule has 0 aliphatic carbocycles. The molecule has 10 heteroatoms. The SMILES string of the molecule is CONC(=O)c1ccc(C)c(Nc2ncnc3sc(C(=O)N[C@@H](C)CP)c(C)c23)c1. The van der Waals surface area contributed by atoms with Crippen molar-refractivity contribution in [2.45, 2.75) is 26.8 Å². The normalized spacial score (nSPS) is 11.9. The standard InChI is InChI=1S/C20H24N5O3PS/c1-10-5-6-13(18(26)25-28-4)7-14(10)24-17-15-12(3)16(19(27)23-11(2)8-29)30-20(15)22-9-21-17/h5-7,9,11H,8,29H2,1-4H3,(H,23,27)(H,25,26)(H,21,22,24)/t11-/m0/s1. The number of hydrogen-bond acceptors (Lipinski definition) is 7. The predicted octanol–water partition coefficient (Wildman–Crippen LogP) is 3.34. The molecule has 0 aliphatic rings. The van der Waals surface area contributed by atoms with Gasteiger partial charge in [-0.05, 0) is 50.2 Å². The summed E-state index contributed by atoms with van der Waals surface area (Å²) in [7, 11) is 4.01. The quantitative estimate of drug-likeness (QED) is 0.381. The first kappa shape index (κ1) is 22.1. The van der Waals surface area contributed by atoms with Crippen LogP contribution in [0.4, 0.5) is 11.5 Å². The number of carbonyl (C=O) groups excluding carboxylic acids is 2. The highest BCUT2D eigenvalue weighted by Gasteiger charge is 2.20. The molecule has 0 aliphatic heterocycles. The number of carbonyl (C=O) groups is 2. The van der Waals surface area contributed by atoms with Crippen LogP contribution in [0, 0.1) is 13.8 Å². The Morgan fingerprint density at radius 2 is 2.00 bits per heavy atom. The van der Waals surface area contributed by atoms with E-state index in [1.54, 1.807) is 12.1 Å². The Balaban J connectivity index is 1.99. The van der Waals surface area contributed by atoms with Crippen molar-refractivity contribution >= 4 is 54.1 Å². The Labute approximate surface area is 181 Å². The second kappa shape index (κ2) is 9.47. The Bertz CT molecular complexity index is 1100. The molecule has 158 valence electrons. The maximum Gasteiger partial charge on any atom is 0.274 e. The summed E-state index contributed by atoms with van der Waals surface area (Å²) in [5.74, 6) is 0.118. The second-order valence-electron chi connectivity index (χ2n) is 6.86. The van der Waals surface area contributed by atoms with Crippen LogP contribution in [0.15, 0.2) is 24.5 Å². The number of benzene rings is 1. The van der Waals surface area contributed by atoms with Gasteiger partial charge in [-0.15, -0.1) is 20.6 Å². The van der Waals surface area contributed by atoms with E-state index in [-0.39, 0.29) is 17.9 Å². The van der Waals surface area contributed by atoms with Crippen molar-refractivity contribution in [3.05, 3.63) is 46.1 Å². The Kier molecular flexibility index (Phi) is 6.97. The van der Waals surface area contributed by atoms with Crippen LogP contribution < -0.4 is 16.1 Å². The Morgan fingerprint density at radius 1 is 1.23 bits per heavy atom. The zero-order valence-electron chi connectivity index (χ0n) is 17.2. The summed E-state index contributed by atoms with van der Waals surface area (Å²) >= 11 is 1.34. The predicted molar refractivity (Wildman–Crippen MR) is 123 cm³/mol. The summed E-state index contributed by atoms with van der Waals surface area (Å²) < 4.78 is 0. The van der Waals surface area contributed by atoms with Crippen molar-refractivity contribution in [1.82, 2.24) is 20.8 Å². The molecule has 0 saturated heterocycles. The van der Waals surface area contributed by atoms with E-state index in [9.17, 15) is 9.59 Å². The molecule has 0 spiro atoms. The molecule has 0 fully saturated rings. The number of thiophene rings is 1. The largest absolute Gasteiger partial charge is 0.349 e. The molecule has 0 bridgehead atoms. The van der Waals surface area contributed by atoms with Gasteiger partial charge in [0.2, 0.25) is 0 Å². The number of anilines is 2. The highest BCUT2D eigenvalue weighted by Crippen LogP contribution is 2.35. The van der Waals surface area contributed by atoms with E-state index in [0.717, 1.165) is 33.2 Å². The van der Waals surface area contributed by atoms with Gasteiger partial charge in [-0.2, -0.15) is 0 Å². The van der Waals surface area contributed by atoms with Crippen LogP contribution in [-0.2, 0) is 4.84 Å². The minimum absolute atomic E-state index is 0.0550. The highest BCUT2D eigenvalue weighted by molar-refractivity contribution is 7.20. The molecule has 0 saturated carbocycles. The van der Waals surface area contributed by atoms with Crippen molar-refractivity contribution < 1.29 is 14.4 Å². The lowest BCUT2D eigenvalue weighted by molar-refractivity contribution is 0.0537. The van der Waals surface area contributed by atoms with E-state index in [0.29, 0.717) is 16.3 Å².